The summed E-state index contributed by atoms with van der Waals surface area (Å²) in [5.41, 5.74) is 0.0909. The zero-order valence-electron chi connectivity index (χ0n) is 10.2. The quantitative estimate of drug-likeness (QED) is 0.362. The van der Waals surface area contributed by atoms with Crippen molar-refractivity contribution in [3.8, 4) is 0 Å². The first-order chi connectivity index (χ1) is 6.83. The van der Waals surface area contributed by atoms with Gasteiger partial charge >= 0.3 is 16.1 Å². The maximum atomic E-state index is 11.4. The average Bonchev–Trinajstić information content (AvgIpc) is 1.99. The molecule has 0 amide bonds. The van der Waals surface area contributed by atoms with Gasteiger partial charge in [0.15, 0.2) is 0 Å². The minimum atomic E-state index is -4.47. The van der Waals surface area contributed by atoms with Gasteiger partial charge in [-0.1, -0.05) is 26.2 Å². The molecule has 16 heavy (non-hydrogen) atoms. The molecular formula is C9H18O5SSi. The van der Waals surface area contributed by atoms with Crippen molar-refractivity contribution in [3.05, 3.63) is 12.2 Å². The van der Waals surface area contributed by atoms with E-state index in [0.29, 0.717) is 0 Å². The van der Waals surface area contributed by atoms with Crippen molar-refractivity contribution in [1.29, 1.82) is 0 Å². The van der Waals surface area contributed by atoms with Gasteiger partial charge in [0.2, 0.25) is 4.56 Å². The van der Waals surface area contributed by atoms with E-state index in [1.807, 2.05) is 0 Å². The largest absolute Gasteiger partial charge is 0.441 e. The Morgan fingerprint density at radius 3 is 1.94 bits per heavy atom. The number of carbonyl (C=O) groups excluding carboxylic acids is 1. The van der Waals surface area contributed by atoms with Crippen molar-refractivity contribution in [1.82, 2.24) is 0 Å². The third-order valence-corrected chi connectivity index (χ3v) is 9.00. The lowest BCUT2D eigenvalue weighted by Gasteiger charge is -2.36. The van der Waals surface area contributed by atoms with Crippen LogP contribution >= 0.6 is 0 Å². The van der Waals surface area contributed by atoms with Gasteiger partial charge in [-0.25, -0.2) is 4.79 Å². The molecule has 0 fully saturated rings. The smallest absolute Gasteiger partial charge is 0.334 e. The van der Waals surface area contributed by atoms with E-state index in [0.717, 1.165) is 0 Å². The summed E-state index contributed by atoms with van der Waals surface area (Å²) in [4.78, 5) is 11.4. The van der Waals surface area contributed by atoms with Crippen LogP contribution in [-0.4, -0.2) is 31.6 Å². The Morgan fingerprint density at radius 2 is 1.75 bits per heavy atom. The van der Waals surface area contributed by atoms with Crippen molar-refractivity contribution in [2.45, 2.75) is 38.0 Å². The van der Waals surface area contributed by atoms with E-state index in [1.54, 1.807) is 19.6 Å². The molecule has 0 aromatic rings. The van der Waals surface area contributed by atoms with E-state index in [2.05, 4.69) is 6.58 Å². The number of ether oxygens (including phenoxy) is 1. The minimum absolute atomic E-state index is 0.0909. The summed E-state index contributed by atoms with van der Waals surface area (Å²) in [5, 5.41) is 0. The Morgan fingerprint density at radius 1 is 1.38 bits per heavy atom. The van der Waals surface area contributed by atoms with Gasteiger partial charge < -0.3 is 4.74 Å². The van der Waals surface area contributed by atoms with Crippen LogP contribution in [0.15, 0.2) is 12.2 Å². The van der Waals surface area contributed by atoms with E-state index < -0.39 is 28.7 Å². The highest BCUT2D eigenvalue weighted by molar-refractivity contribution is 7.89. The van der Waals surface area contributed by atoms with Gasteiger partial charge in [-0.15, -0.1) is 0 Å². The van der Waals surface area contributed by atoms with Crippen LogP contribution < -0.4 is 0 Å². The van der Waals surface area contributed by atoms with E-state index in [9.17, 15) is 17.8 Å². The van der Waals surface area contributed by atoms with E-state index in [4.69, 9.17) is 4.74 Å². The summed E-state index contributed by atoms with van der Waals surface area (Å²) in [7, 11) is -6.95. The second-order valence-corrected chi connectivity index (χ2v) is 12.4. The molecule has 0 saturated heterocycles. The lowest BCUT2D eigenvalue weighted by Crippen LogP contribution is -2.58. The summed E-state index contributed by atoms with van der Waals surface area (Å²) < 4.78 is 34.9. The Labute approximate surface area is 97.3 Å². The summed E-state index contributed by atoms with van der Waals surface area (Å²) in [6.07, 6.45) is 0. The lowest BCUT2D eigenvalue weighted by atomic mass is 10.4. The van der Waals surface area contributed by atoms with Crippen LogP contribution in [0.2, 0.25) is 19.6 Å². The highest BCUT2D eigenvalue weighted by Crippen LogP contribution is 2.30. The molecule has 7 heteroatoms. The Balaban J connectivity index is 5.48. The molecule has 94 valence electrons. The van der Waals surface area contributed by atoms with Crippen molar-refractivity contribution < 1.29 is 22.5 Å². The van der Waals surface area contributed by atoms with Gasteiger partial charge in [-0.2, -0.15) is 8.42 Å². The van der Waals surface area contributed by atoms with E-state index in [-0.39, 0.29) is 5.57 Å². The van der Waals surface area contributed by atoms with Gasteiger partial charge in [0, 0.05) is 5.57 Å². The van der Waals surface area contributed by atoms with Gasteiger partial charge in [0.25, 0.3) is 0 Å². The molecule has 0 saturated carbocycles. The van der Waals surface area contributed by atoms with Crippen molar-refractivity contribution in [3.63, 3.8) is 0 Å². The fraction of sp³-hybridized carbons (Fsp3) is 0.667. The number of carbonyl (C=O) groups is 1. The molecule has 0 aromatic heterocycles. The Hall–Kier alpha value is -0.663. The predicted octanol–water partition coefficient (Wildman–Crippen LogP) is 1.59. The van der Waals surface area contributed by atoms with Crippen LogP contribution in [0.3, 0.4) is 0 Å². The molecule has 1 atom stereocenters. The minimum Gasteiger partial charge on any atom is -0.441 e. The molecule has 0 aliphatic rings. The summed E-state index contributed by atoms with van der Waals surface area (Å²) in [6, 6.07) is 0. The molecule has 1 N–H and O–H groups in total. The normalized spacial score (nSPS) is 16.4. The topological polar surface area (TPSA) is 80.7 Å². The SMILES string of the molecule is C=C(C)C(=O)OC(C)([Si](C)(C)C)S(=O)(=O)O. The average molecular weight is 266 g/mol. The molecule has 0 spiro atoms. The van der Waals surface area contributed by atoms with Crippen LogP contribution in [0.4, 0.5) is 0 Å². The third kappa shape index (κ3) is 2.93. The number of rotatable bonds is 4. The van der Waals surface area contributed by atoms with Crippen LogP contribution in [0.1, 0.15) is 13.8 Å². The van der Waals surface area contributed by atoms with Gasteiger partial charge in [-0.3, -0.25) is 4.55 Å². The number of hydrogen-bond acceptors (Lipinski definition) is 4. The molecule has 0 rings (SSSR count). The van der Waals surface area contributed by atoms with Crippen molar-refractivity contribution in [2.24, 2.45) is 0 Å². The maximum Gasteiger partial charge on any atom is 0.334 e. The molecule has 0 aromatic carbocycles. The van der Waals surface area contributed by atoms with Crippen LogP contribution in [0.5, 0.6) is 0 Å². The number of esters is 1. The first-order valence-electron chi connectivity index (χ1n) is 4.69. The van der Waals surface area contributed by atoms with Gasteiger partial charge in [0.05, 0.1) is 0 Å². The first-order valence-corrected chi connectivity index (χ1v) is 9.63. The zero-order chi connectivity index (χ0) is 13.4. The van der Waals surface area contributed by atoms with Crippen LogP contribution in [0, 0.1) is 0 Å². The van der Waals surface area contributed by atoms with Crippen LogP contribution in [0.25, 0.3) is 0 Å². The molecular weight excluding hydrogens is 248 g/mol. The standard InChI is InChI=1S/C9H18O5SSi/c1-7(2)8(10)14-9(3,15(11,12)13)16(4,5)6/h1H2,2-6H3,(H,11,12,13). The van der Waals surface area contributed by atoms with Gasteiger partial charge in [-0.05, 0) is 13.8 Å². The van der Waals surface area contributed by atoms with E-state index >= 15 is 0 Å². The second kappa shape index (κ2) is 4.31. The fourth-order valence-electron chi connectivity index (χ4n) is 0.857. The third-order valence-electron chi connectivity index (χ3n) is 2.49. The molecule has 1 unspecified atom stereocenters. The molecule has 5 nitrogen and oxygen atoms in total. The summed E-state index contributed by atoms with van der Waals surface area (Å²) in [6.45, 7) is 11.1. The molecule has 0 radical (unpaired) electrons. The molecule has 0 aliphatic carbocycles. The lowest BCUT2D eigenvalue weighted by molar-refractivity contribution is -0.142. The summed E-state index contributed by atoms with van der Waals surface area (Å²) >= 11 is 0. The maximum absolute atomic E-state index is 11.4. The zero-order valence-corrected chi connectivity index (χ0v) is 12.0. The molecule has 0 heterocycles. The van der Waals surface area contributed by atoms with Crippen LogP contribution in [-0.2, 0) is 19.6 Å². The van der Waals surface area contributed by atoms with Gasteiger partial charge in [0.1, 0.15) is 8.07 Å². The number of hydrogen-bond donors (Lipinski definition) is 1. The predicted molar refractivity (Wildman–Crippen MR) is 64.2 cm³/mol. The fourth-order valence-corrected chi connectivity index (χ4v) is 4.53. The molecule has 0 aliphatic heterocycles. The Bertz CT molecular complexity index is 406. The molecule has 0 bridgehead atoms. The monoisotopic (exact) mass is 266 g/mol. The van der Waals surface area contributed by atoms with Crippen molar-refractivity contribution in [2.75, 3.05) is 0 Å². The Kier molecular flexibility index (Phi) is 4.13. The summed E-state index contributed by atoms with van der Waals surface area (Å²) in [5.74, 6) is -0.817. The highest BCUT2D eigenvalue weighted by Gasteiger charge is 2.53. The highest BCUT2D eigenvalue weighted by atomic mass is 32.2. The van der Waals surface area contributed by atoms with Crippen molar-refractivity contribution >= 4 is 24.2 Å². The first kappa shape index (κ1) is 15.3. The van der Waals surface area contributed by atoms with E-state index in [1.165, 1.54) is 13.8 Å². The second-order valence-electron chi connectivity index (χ2n) is 4.84.